The third kappa shape index (κ3) is 2.85. The van der Waals surface area contributed by atoms with Crippen molar-refractivity contribution >= 4 is 5.78 Å². The first-order chi connectivity index (χ1) is 7.77. The molecule has 0 amide bonds. The Labute approximate surface area is 99.2 Å². The Kier molecular flexibility index (Phi) is 4.01. The number of nitrogens with one attached hydrogen (secondary N) is 1. The van der Waals surface area contributed by atoms with Crippen molar-refractivity contribution in [1.82, 2.24) is 5.32 Å². The molecule has 1 aliphatic heterocycles. The molecule has 0 aromatic carbocycles. The Hall–Kier alpha value is -0.370. The fourth-order valence-electron chi connectivity index (χ4n) is 3.04. The van der Waals surface area contributed by atoms with E-state index in [1.165, 1.54) is 19.3 Å². The van der Waals surface area contributed by atoms with E-state index in [-0.39, 0.29) is 5.41 Å². The van der Waals surface area contributed by atoms with Gasteiger partial charge in [-0.15, -0.1) is 0 Å². The van der Waals surface area contributed by atoms with E-state index >= 15 is 0 Å². The van der Waals surface area contributed by atoms with Gasteiger partial charge in [-0.25, -0.2) is 0 Å². The standard InChI is InChI=1S/C14H25NO/c1-2-8-14(9-3-10-15-11-14)13(16)7-6-12-4-5-12/h12,15H,2-11H2,1H3. The van der Waals surface area contributed by atoms with Crippen LogP contribution in [-0.4, -0.2) is 18.9 Å². The van der Waals surface area contributed by atoms with Gasteiger partial charge in [-0.2, -0.15) is 0 Å². The minimum Gasteiger partial charge on any atom is -0.316 e. The Morgan fingerprint density at radius 2 is 2.25 bits per heavy atom. The number of ketones is 1. The number of Topliss-reactive ketones (excluding diaryl/α,β-unsaturated/α-hetero) is 1. The van der Waals surface area contributed by atoms with Gasteiger partial charge in [0.25, 0.3) is 0 Å². The number of carbonyl (C=O) groups is 1. The summed E-state index contributed by atoms with van der Waals surface area (Å²) in [6.07, 6.45) is 9.25. The number of piperidine rings is 1. The topological polar surface area (TPSA) is 29.1 Å². The van der Waals surface area contributed by atoms with Crippen LogP contribution >= 0.6 is 0 Å². The highest BCUT2D eigenvalue weighted by Gasteiger charge is 2.38. The number of hydrogen-bond acceptors (Lipinski definition) is 2. The number of hydrogen-bond donors (Lipinski definition) is 1. The molecular formula is C14H25NO. The zero-order valence-corrected chi connectivity index (χ0v) is 10.6. The zero-order valence-electron chi connectivity index (χ0n) is 10.6. The maximum atomic E-state index is 12.4. The van der Waals surface area contributed by atoms with Crippen LogP contribution in [0.25, 0.3) is 0 Å². The molecule has 0 bridgehead atoms. The molecule has 16 heavy (non-hydrogen) atoms. The molecule has 2 nitrogen and oxygen atoms in total. The molecule has 1 saturated carbocycles. The molecule has 1 heterocycles. The lowest BCUT2D eigenvalue weighted by atomic mass is 9.72. The van der Waals surface area contributed by atoms with Gasteiger partial charge in [0.1, 0.15) is 5.78 Å². The predicted molar refractivity (Wildman–Crippen MR) is 66.4 cm³/mol. The molecule has 1 aliphatic carbocycles. The van der Waals surface area contributed by atoms with Gasteiger partial charge < -0.3 is 5.32 Å². The van der Waals surface area contributed by atoms with Crippen molar-refractivity contribution in [2.24, 2.45) is 11.3 Å². The third-order valence-corrected chi connectivity index (χ3v) is 4.27. The van der Waals surface area contributed by atoms with E-state index < -0.39 is 0 Å². The van der Waals surface area contributed by atoms with Crippen LogP contribution in [-0.2, 0) is 4.79 Å². The van der Waals surface area contributed by atoms with Crippen molar-refractivity contribution in [2.75, 3.05) is 13.1 Å². The Morgan fingerprint density at radius 3 is 2.81 bits per heavy atom. The van der Waals surface area contributed by atoms with Crippen LogP contribution in [0.2, 0.25) is 0 Å². The highest BCUT2D eigenvalue weighted by atomic mass is 16.1. The summed E-state index contributed by atoms with van der Waals surface area (Å²) in [7, 11) is 0. The van der Waals surface area contributed by atoms with Crippen LogP contribution in [0.1, 0.15) is 58.3 Å². The summed E-state index contributed by atoms with van der Waals surface area (Å²) in [6.45, 7) is 4.23. The lowest BCUT2D eigenvalue weighted by Gasteiger charge is -2.36. The molecule has 0 spiro atoms. The van der Waals surface area contributed by atoms with Crippen molar-refractivity contribution in [3.63, 3.8) is 0 Å². The molecule has 92 valence electrons. The Morgan fingerprint density at radius 1 is 1.44 bits per heavy atom. The van der Waals surface area contributed by atoms with Crippen LogP contribution < -0.4 is 5.32 Å². The normalized spacial score (nSPS) is 30.3. The maximum absolute atomic E-state index is 12.4. The smallest absolute Gasteiger partial charge is 0.140 e. The van der Waals surface area contributed by atoms with Crippen molar-refractivity contribution < 1.29 is 4.79 Å². The molecule has 0 aromatic rings. The minimum absolute atomic E-state index is 0.00188. The van der Waals surface area contributed by atoms with Crippen LogP contribution in [0, 0.1) is 11.3 Å². The van der Waals surface area contributed by atoms with Crippen LogP contribution in [0.3, 0.4) is 0 Å². The molecule has 1 atom stereocenters. The van der Waals surface area contributed by atoms with E-state index in [1.54, 1.807) is 0 Å². The average molecular weight is 223 g/mol. The molecule has 1 saturated heterocycles. The van der Waals surface area contributed by atoms with Gasteiger partial charge in [-0.1, -0.05) is 26.2 Å². The van der Waals surface area contributed by atoms with Gasteiger partial charge in [0.05, 0.1) is 0 Å². The van der Waals surface area contributed by atoms with Gasteiger partial charge in [-0.05, 0) is 38.1 Å². The molecule has 0 radical (unpaired) electrons. The summed E-state index contributed by atoms with van der Waals surface area (Å²) < 4.78 is 0. The van der Waals surface area contributed by atoms with Gasteiger partial charge in [0.15, 0.2) is 0 Å². The second-order valence-electron chi connectivity index (χ2n) is 5.72. The predicted octanol–water partition coefficient (Wildman–Crippen LogP) is 2.92. The summed E-state index contributed by atoms with van der Waals surface area (Å²) in [6, 6.07) is 0. The molecule has 0 aromatic heterocycles. The summed E-state index contributed by atoms with van der Waals surface area (Å²) in [5, 5.41) is 3.42. The van der Waals surface area contributed by atoms with E-state index in [0.29, 0.717) is 5.78 Å². The molecule has 2 aliphatic rings. The van der Waals surface area contributed by atoms with E-state index in [2.05, 4.69) is 12.2 Å². The number of carbonyl (C=O) groups excluding carboxylic acids is 1. The zero-order chi connectivity index (χ0) is 11.4. The van der Waals surface area contributed by atoms with E-state index in [9.17, 15) is 4.79 Å². The van der Waals surface area contributed by atoms with E-state index in [4.69, 9.17) is 0 Å². The summed E-state index contributed by atoms with van der Waals surface area (Å²) in [5.74, 6) is 1.44. The third-order valence-electron chi connectivity index (χ3n) is 4.27. The molecule has 2 heteroatoms. The summed E-state index contributed by atoms with van der Waals surface area (Å²) in [5.41, 5.74) is 0.00188. The minimum atomic E-state index is 0.00188. The summed E-state index contributed by atoms with van der Waals surface area (Å²) in [4.78, 5) is 12.4. The van der Waals surface area contributed by atoms with Gasteiger partial charge in [0, 0.05) is 18.4 Å². The van der Waals surface area contributed by atoms with Gasteiger partial charge in [0.2, 0.25) is 0 Å². The average Bonchev–Trinajstić information content (AvgIpc) is 3.11. The van der Waals surface area contributed by atoms with E-state index in [0.717, 1.165) is 51.1 Å². The van der Waals surface area contributed by atoms with Crippen molar-refractivity contribution in [2.45, 2.75) is 58.3 Å². The quantitative estimate of drug-likeness (QED) is 0.750. The van der Waals surface area contributed by atoms with Crippen molar-refractivity contribution in [3.8, 4) is 0 Å². The molecule has 1 unspecified atom stereocenters. The highest BCUT2D eigenvalue weighted by Crippen LogP contribution is 2.38. The van der Waals surface area contributed by atoms with Crippen molar-refractivity contribution in [1.29, 1.82) is 0 Å². The van der Waals surface area contributed by atoms with Crippen LogP contribution in [0.4, 0.5) is 0 Å². The number of rotatable bonds is 6. The van der Waals surface area contributed by atoms with Gasteiger partial charge >= 0.3 is 0 Å². The molecule has 1 N–H and O–H groups in total. The second kappa shape index (κ2) is 5.31. The fraction of sp³-hybridized carbons (Fsp3) is 0.929. The molecule has 2 rings (SSSR count). The fourth-order valence-corrected chi connectivity index (χ4v) is 3.04. The Bertz CT molecular complexity index is 234. The monoisotopic (exact) mass is 223 g/mol. The van der Waals surface area contributed by atoms with Gasteiger partial charge in [-0.3, -0.25) is 4.79 Å². The first-order valence-corrected chi connectivity index (χ1v) is 7.01. The largest absolute Gasteiger partial charge is 0.316 e. The molecule has 2 fully saturated rings. The van der Waals surface area contributed by atoms with Crippen molar-refractivity contribution in [3.05, 3.63) is 0 Å². The summed E-state index contributed by atoms with van der Waals surface area (Å²) >= 11 is 0. The first-order valence-electron chi connectivity index (χ1n) is 7.01. The lowest BCUT2D eigenvalue weighted by molar-refractivity contribution is -0.130. The van der Waals surface area contributed by atoms with Crippen LogP contribution in [0.15, 0.2) is 0 Å². The maximum Gasteiger partial charge on any atom is 0.140 e. The molecular weight excluding hydrogens is 198 g/mol. The lowest BCUT2D eigenvalue weighted by Crippen LogP contribution is -2.45. The first kappa shape index (κ1) is 12.1. The Balaban J connectivity index is 1.89. The van der Waals surface area contributed by atoms with E-state index in [1.807, 2.05) is 0 Å². The second-order valence-corrected chi connectivity index (χ2v) is 5.72. The highest BCUT2D eigenvalue weighted by molar-refractivity contribution is 5.85. The van der Waals surface area contributed by atoms with Crippen LogP contribution in [0.5, 0.6) is 0 Å². The SMILES string of the molecule is CCCC1(C(=O)CCC2CC2)CCCNC1.